The maximum atomic E-state index is 13.3. The van der Waals surface area contributed by atoms with E-state index in [1.54, 1.807) is 36.4 Å². The highest BCUT2D eigenvalue weighted by Gasteiger charge is 2.20. The Bertz CT molecular complexity index is 1350. The minimum atomic E-state index is -0.455. The van der Waals surface area contributed by atoms with E-state index in [-0.39, 0.29) is 17.3 Å². The third kappa shape index (κ3) is 5.01. The number of nitrogens with zero attached hydrogens (tertiary/aromatic N) is 2. The minimum absolute atomic E-state index is 0.172. The van der Waals surface area contributed by atoms with Gasteiger partial charge in [-0.05, 0) is 61.4 Å². The van der Waals surface area contributed by atoms with Crippen molar-refractivity contribution in [1.82, 2.24) is 4.98 Å². The molecular formula is C27H19Cl2FN2O. The van der Waals surface area contributed by atoms with Crippen LogP contribution in [0.1, 0.15) is 29.7 Å². The van der Waals surface area contributed by atoms with Crippen LogP contribution in [0.25, 0.3) is 22.4 Å². The van der Waals surface area contributed by atoms with Gasteiger partial charge < -0.3 is 4.74 Å². The number of benzene rings is 3. The molecule has 164 valence electrons. The van der Waals surface area contributed by atoms with E-state index in [0.29, 0.717) is 21.3 Å². The van der Waals surface area contributed by atoms with E-state index >= 15 is 0 Å². The Kier molecular flexibility index (Phi) is 6.65. The SMILES string of the molecule is Cc1ccc(-c2cc(C#N)c(OC(C)c3ccc(F)cc3)nc2-c2ccc(Cl)cc2Cl)cc1. The summed E-state index contributed by atoms with van der Waals surface area (Å²) in [6.45, 7) is 3.83. The van der Waals surface area contributed by atoms with Crippen molar-refractivity contribution in [3.63, 3.8) is 0 Å². The molecule has 0 bridgehead atoms. The van der Waals surface area contributed by atoms with Crippen LogP contribution in [0.15, 0.2) is 72.8 Å². The lowest BCUT2D eigenvalue weighted by Gasteiger charge is -2.18. The standard InChI is InChI=1S/C27H19Cl2FN2O/c1-16-3-5-19(6-4-16)24-13-20(15-31)27(33-17(2)18-7-10-22(30)11-8-18)32-26(24)23-12-9-21(28)14-25(23)29/h3-14,17H,1-2H3. The summed E-state index contributed by atoms with van der Waals surface area (Å²) in [5, 5.41) is 10.8. The lowest BCUT2D eigenvalue weighted by atomic mass is 9.97. The first-order valence-corrected chi connectivity index (χ1v) is 11.0. The maximum Gasteiger partial charge on any atom is 0.232 e. The van der Waals surface area contributed by atoms with Gasteiger partial charge in [0.25, 0.3) is 0 Å². The molecule has 1 atom stereocenters. The summed E-state index contributed by atoms with van der Waals surface area (Å²) < 4.78 is 19.4. The van der Waals surface area contributed by atoms with Crippen molar-refractivity contribution < 1.29 is 9.13 Å². The van der Waals surface area contributed by atoms with Crippen molar-refractivity contribution in [3.8, 4) is 34.3 Å². The fourth-order valence-electron chi connectivity index (χ4n) is 3.48. The van der Waals surface area contributed by atoms with Crippen molar-refractivity contribution in [2.75, 3.05) is 0 Å². The smallest absolute Gasteiger partial charge is 0.232 e. The van der Waals surface area contributed by atoms with Crippen LogP contribution in [0.4, 0.5) is 4.39 Å². The number of hydrogen-bond acceptors (Lipinski definition) is 3. The zero-order valence-electron chi connectivity index (χ0n) is 17.9. The molecule has 0 saturated heterocycles. The minimum Gasteiger partial charge on any atom is -0.469 e. The lowest BCUT2D eigenvalue weighted by Crippen LogP contribution is -2.07. The second-order valence-corrected chi connectivity index (χ2v) is 8.49. The van der Waals surface area contributed by atoms with Crippen molar-refractivity contribution in [1.29, 1.82) is 5.26 Å². The number of rotatable bonds is 5. The van der Waals surface area contributed by atoms with E-state index in [2.05, 4.69) is 6.07 Å². The summed E-state index contributed by atoms with van der Waals surface area (Å²) >= 11 is 12.6. The average molecular weight is 477 g/mol. The summed E-state index contributed by atoms with van der Waals surface area (Å²) in [5.41, 5.74) is 5.04. The number of hydrogen-bond donors (Lipinski definition) is 0. The molecule has 4 rings (SSSR count). The van der Waals surface area contributed by atoms with E-state index in [0.717, 1.165) is 22.3 Å². The number of halogens is 3. The van der Waals surface area contributed by atoms with E-state index in [1.165, 1.54) is 12.1 Å². The molecule has 33 heavy (non-hydrogen) atoms. The highest BCUT2D eigenvalue weighted by atomic mass is 35.5. The monoisotopic (exact) mass is 476 g/mol. The predicted octanol–water partition coefficient (Wildman–Crippen LogP) is 8.18. The van der Waals surface area contributed by atoms with Crippen molar-refractivity contribution in [3.05, 3.63) is 105 Å². The van der Waals surface area contributed by atoms with Crippen molar-refractivity contribution in [2.45, 2.75) is 20.0 Å². The third-order valence-corrected chi connectivity index (χ3v) is 5.83. The lowest BCUT2D eigenvalue weighted by molar-refractivity contribution is 0.217. The number of ether oxygens (including phenoxy) is 1. The molecule has 1 heterocycles. The molecule has 0 fully saturated rings. The van der Waals surface area contributed by atoms with Gasteiger partial charge in [-0.1, -0.05) is 65.2 Å². The van der Waals surface area contributed by atoms with Crippen LogP contribution in [-0.2, 0) is 0 Å². The highest BCUT2D eigenvalue weighted by molar-refractivity contribution is 6.36. The first-order chi connectivity index (χ1) is 15.9. The molecule has 4 aromatic rings. The fourth-order valence-corrected chi connectivity index (χ4v) is 3.97. The van der Waals surface area contributed by atoms with Gasteiger partial charge in [0, 0.05) is 16.1 Å². The Morgan fingerprint density at radius 2 is 1.64 bits per heavy atom. The molecule has 3 aromatic carbocycles. The second kappa shape index (κ2) is 9.62. The molecular weight excluding hydrogens is 458 g/mol. The Morgan fingerprint density at radius 3 is 2.27 bits per heavy atom. The summed E-state index contributed by atoms with van der Waals surface area (Å²) in [5.74, 6) is -0.157. The van der Waals surface area contributed by atoms with E-state index < -0.39 is 6.10 Å². The average Bonchev–Trinajstić information content (AvgIpc) is 2.80. The van der Waals surface area contributed by atoms with E-state index in [4.69, 9.17) is 32.9 Å². The normalized spacial score (nSPS) is 11.6. The van der Waals surface area contributed by atoms with Crippen LogP contribution >= 0.6 is 23.2 Å². The molecule has 0 N–H and O–H groups in total. The summed E-state index contributed by atoms with van der Waals surface area (Å²) in [6.07, 6.45) is -0.455. The summed E-state index contributed by atoms with van der Waals surface area (Å²) in [4.78, 5) is 4.74. The predicted molar refractivity (Wildman–Crippen MR) is 130 cm³/mol. The quantitative estimate of drug-likeness (QED) is 0.291. The molecule has 1 unspecified atom stereocenters. The molecule has 0 aliphatic rings. The van der Waals surface area contributed by atoms with Crippen LogP contribution in [-0.4, -0.2) is 4.98 Å². The molecule has 6 heteroatoms. The molecule has 0 amide bonds. The zero-order valence-corrected chi connectivity index (χ0v) is 19.5. The topological polar surface area (TPSA) is 45.9 Å². The van der Waals surface area contributed by atoms with Crippen LogP contribution in [0.3, 0.4) is 0 Å². The summed E-state index contributed by atoms with van der Waals surface area (Å²) in [7, 11) is 0. The van der Waals surface area contributed by atoms with Gasteiger partial charge >= 0.3 is 0 Å². The molecule has 1 aromatic heterocycles. The van der Waals surface area contributed by atoms with Gasteiger partial charge in [0.2, 0.25) is 5.88 Å². The largest absolute Gasteiger partial charge is 0.469 e. The molecule has 0 radical (unpaired) electrons. The Balaban J connectivity index is 1.87. The van der Waals surface area contributed by atoms with Gasteiger partial charge in [0.05, 0.1) is 10.7 Å². The van der Waals surface area contributed by atoms with Gasteiger partial charge in [-0.25, -0.2) is 9.37 Å². The van der Waals surface area contributed by atoms with Gasteiger partial charge in [0.1, 0.15) is 23.6 Å². The Morgan fingerprint density at radius 1 is 0.939 bits per heavy atom. The first kappa shape index (κ1) is 22.8. The molecule has 0 spiro atoms. The number of pyridine rings is 1. The maximum absolute atomic E-state index is 13.3. The molecule has 0 aliphatic heterocycles. The molecule has 0 aliphatic carbocycles. The van der Waals surface area contributed by atoms with Gasteiger partial charge in [-0.2, -0.15) is 5.26 Å². The van der Waals surface area contributed by atoms with Gasteiger partial charge in [0.15, 0.2) is 0 Å². The zero-order chi connectivity index (χ0) is 23.5. The highest BCUT2D eigenvalue weighted by Crippen LogP contribution is 2.39. The number of aryl methyl sites for hydroxylation is 1. The first-order valence-electron chi connectivity index (χ1n) is 10.3. The third-order valence-electron chi connectivity index (χ3n) is 5.28. The Labute approximate surface area is 202 Å². The Hall–Kier alpha value is -3.39. The molecule has 3 nitrogen and oxygen atoms in total. The number of aromatic nitrogens is 1. The molecule has 0 saturated carbocycles. The fraction of sp³-hybridized carbons (Fsp3) is 0.111. The van der Waals surface area contributed by atoms with Gasteiger partial charge in [-0.3, -0.25) is 0 Å². The van der Waals surface area contributed by atoms with Crippen molar-refractivity contribution in [2.24, 2.45) is 0 Å². The summed E-state index contributed by atoms with van der Waals surface area (Å²) in [6, 6.07) is 23.1. The van der Waals surface area contributed by atoms with Crippen LogP contribution in [0.2, 0.25) is 10.0 Å². The van der Waals surface area contributed by atoms with E-state index in [1.807, 2.05) is 38.1 Å². The second-order valence-electron chi connectivity index (χ2n) is 7.65. The number of nitriles is 1. The van der Waals surface area contributed by atoms with Gasteiger partial charge in [-0.15, -0.1) is 0 Å². The van der Waals surface area contributed by atoms with Crippen LogP contribution in [0.5, 0.6) is 5.88 Å². The van der Waals surface area contributed by atoms with Crippen LogP contribution in [0, 0.1) is 24.1 Å². The van der Waals surface area contributed by atoms with Crippen molar-refractivity contribution >= 4 is 23.2 Å². The van der Waals surface area contributed by atoms with Crippen LogP contribution < -0.4 is 4.74 Å². The van der Waals surface area contributed by atoms with E-state index in [9.17, 15) is 9.65 Å².